The van der Waals surface area contributed by atoms with Crippen molar-refractivity contribution in [3.8, 4) is 0 Å². The van der Waals surface area contributed by atoms with E-state index in [0.29, 0.717) is 12.6 Å². The molecule has 0 aromatic rings. The fraction of sp³-hybridized carbons (Fsp3) is 1.00. The number of likely N-dealkylation sites (N-methyl/N-ethyl adjacent to an activating group) is 1. The van der Waals surface area contributed by atoms with Crippen LogP contribution < -0.4 is 5.73 Å². The minimum atomic E-state index is 0.309. The van der Waals surface area contributed by atoms with Crippen molar-refractivity contribution in [3.05, 3.63) is 0 Å². The van der Waals surface area contributed by atoms with Crippen LogP contribution >= 0.6 is 0 Å². The van der Waals surface area contributed by atoms with Crippen molar-refractivity contribution in [2.45, 2.75) is 18.9 Å². The molecule has 4 heteroatoms. The summed E-state index contributed by atoms with van der Waals surface area (Å²) in [5.74, 6) is 0. The fourth-order valence-corrected chi connectivity index (χ4v) is 1.07. The Morgan fingerprint density at radius 2 is 2.08 bits per heavy atom. The van der Waals surface area contributed by atoms with Crippen molar-refractivity contribution >= 4 is 0 Å². The molecule has 2 N–H and O–H groups in total. The zero-order chi connectivity index (χ0) is 9.40. The van der Waals surface area contributed by atoms with Gasteiger partial charge in [-0.2, -0.15) is 5.06 Å². The molecule has 0 spiro atoms. The first-order valence-electron chi connectivity index (χ1n) is 4.22. The Balaban J connectivity index is 3.68. The van der Waals surface area contributed by atoms with Crippen molar-refractivity contribution in [1.29, 1.82) is 0 Å². The van der Waals surface area contributed by atoms with Gasteiger partial charge in [0.15, 0.2) is 0 Å². The Labute approximate surface area is 74.6 Å². The van der Waals surface area contributed by atoms with Gasteiger partial charge in [-0.3, -0.25) is 0 Å². The van der Waals surface area contributed by atoms with Crippen LogP contribution in [0.3, 0.4) is 0 Å². The van der Waals surface area contributed by atoms with Crippen LogP contribution in [0, 0.1) is 0 Å². The molecular formula is C8H20N2O2. The van der Waals surface area contributed by atoms with Gasteiger partial charge in [0.25, 0.3) is 0 Å². The van der Waals surface area contributed by atoms with Gasteiger partial charge in [-0.1, -0.05) is 0 Å². The molecule has 0 saturated heterocycles. The molecule has 74 valence electrons. The molecule has 0 heterocycles. The number of methoxy groups -OCH3 is 1. The lowest BCUT2D eigenvalue weighted by Crippen LogP contribution is -2.34. The molecule has 0 aliphatic carbocycles. The summed E-state index contributed by atoms with van der Waals surface area (Å²) in [7, 11) is 5.25. The summed E-state index contributed by atoms with van der Waals surface area (Å²) in [6.07, 6.45) is 2.01. The number of hydrogen-bond donors (Lipinski definition) is 1. The first-order valence-corrected chi connectivity index (χ1v) is 4.22. The molecule has 0 saturated carbocycles. The molecule has 1 atom stereocenters. The van der Waals surface area contributed by atoms with Gasteiger partial charge in [-0.25, -0.2) is 0 Å². The standard InChI is InChI=1S/C8H20N2O2/c1-10(12-3)8(7-11-2)5-4-6-9/h8H,4-7,9H2,1-3H3. The van der Waals surface area contributed by atoms with Gasteiger partial charge >= 0.3 is 0 Å². The largest absolute Gasteiger partial charge is 0.383 e. The van der Waals surface area contributed by atoms with Crippen molar-refractivity contribution < 1.29 is 9.57 Å². The Morgan fingerprint density at radius 1 is 1.42 bits per heavy atom. The van der Waals surface area contributed by atoms with E-state index in [2.05, 4.69) is 0 Å². The highest BCUT2D eigenvalue weighted by Crippen LogP contribution is 2.04. The van der Waals surface area contributed by atoms with Crippen LogP contribution in [0.5, 0.6) is 0 Å². The molecule has 0 aromatic heterocycles. The average molecular weight is 176 g/mol. The number of hydrogen-bond acceptors (Lipinski definition) is 4. The smallest absolute Gasteiger partial charge is 0.0641 e. The Morgan fingerprint density at radius 3 is 2.50 bits per heavy atom. The van der Waals surface area contributed by atoms with Crippen molar-refractivity contribution in [2.75, 3.05) is 34.4 Å². The van der Waals surface area contributed by atoms with Crippen LogP contribution in [0.4, 0.5) is 0 Å². The predicted octanol–water partition coefficient (Wildman–Crippen LogP) is 0.234. The highest BCUT2D eigenvalue weighted by molar-refractivity contribution is 4.62. The van der Waals surface area contributed by atoms with E-state index in [-0.39, 0.29) is 0 Å². The summed E-state index contributed by atoms with van der Waals surface area (Å²) in [5.41, 5.74) is 5.41. The summed E-state index contributed by atoms with van der Waals surface area (Å²) in [4.78, 5) is 5.07. The van der Waals surface area contributed by atoms with E-state index in [1.54, 1.807) is 19.3 Å². The van der Waals surface area contributed by atoms with Gasteiger partial charge in [-0.05, 0) is 19.4 Å². The van der Waals surface area contributed by atoms with E-state index in [4.69, 9.17) is 15.3 Å². The topological polar surface area (TPSA) is 47.7 Å². The first kappa shape index (κ1) is 11.8. The molecule has 0 radical (unpaired) electrons. The maximum atomic E-state index is 5.41. The zero-order valence-electron chi connectivity index (χ0n) is 8.25. The molecule has 0 bridgehead atoms. The van der Waals surface area contributed by atoms with E-state index < -0.39 is 0 Å². The number of nitrogens with zero attached hydrogens (tertiary/aromatic N) is 1. The normalized spacial score (nSPS) is 13.8. The maximum absolute atomic E-state index is 5.41. The third kappa shape index (κ3) is 4.66. The first-order chi connectivity index (χ1) is 5.76. The second-order valence-electron chi connectivity index (χ2n) is 2.77. The molecule has 0 rings (SSSR count). The molecule has 4 nitrogen and oxygen atoms in total. The van der Waals surface area contributed by atoms with E-state index >= 15 is 0 Å². The summed E-state index contributed by atoms with van der Waals surface area (Å²) >= 11 is 0. The number of hydroxylamine groups is 2. The molecule has 0 aliphatic heterocycles. The molecule has 0 aliphatic rings. The van der Waals surface area contributed by atoms with Crippen LogP contribution in [0.15, 0.2) is 0 Å². The Bertz CT molecular complexity index is 101. The molecular weight excluding hydrogens is 156 g/mol. The highest BCUT2D eigenvalue weighted by Gasteiger charge is 2.12. The van der Waals surface area contributed by atoms with Gasteiger partial charge in [-0.15, -0.1) is 0 Å². The quantitative estimate of drug-likeness (QED) is 0.564. The van der Waals surface area contributed by atoms with Gasteiger partial charge in [0, 0.05) is 14.2 Å². The van der Waals surface area contributed by atoms with Crippen LogP contribution in [0.2, 0.25) is 0 Å². The third-order valence-electron chi connectivity index (χ3n) is 1.90. The van der Waals surface area contributed by atoms with Gasteiger partial charge in [0.1, 0.15) is 0 Å². The van der Waals surface area contributed by atoms with Crippen LogP contribution in [-0.2, 0) is 9.57 Å². The molecule has 0 aromatic carbocycles. The lowest BCUT2D eigenvalue weighted by Gasteiger charge is -2.24. The van der Waals surface area contributed by atoms with Gasteiger partial charge < -0.3 is 15.3 Å². The van der Waals surface area contributed by atoms with Gasteiger partial charge in [0.2, 0.25) is 0 Å². The van der Waals surface area contributed by atoms with Crippen molar-refractivity contribution in [2.24, 2.45) is 5.73 Å². The van der Waals surface area contributed by atoms with E-state index in [9.17, 15) is 0 Å². The van der Waals surface area contributed by atoms with Crippen molar-refractivity contribution in [3.63, 3.8) is 0 Å². The summed E-state index contributed by atoms with van der Waals surface area (Å²) in [6, 6.07) is 0.309. The number of nitrogens with two attached hydrogens (primary N) is 1. The zero-order valence-corrected chi connectivity index (χ0v) is 8.25. The fourth-order valence-electron chi connectivity index (χ4n) is 1.07. The van der Waals surface area contributed by atoms with Crippen LogP contribution in [0.25, 0.3) is 0 Å². The lowest BCUT2D eigenvalue weighted by atomic mass is 10.1. The van der Waals surface area contributed by atoms with Crippen LogP contribution in [0.1, 0.15) is 12.8 Å². The van der Waals surface area contributed by atoms with E-state index in [1.165, 1.54) is 0 Å². The number of rotatable bonds is 7. The van der Waals surface area contributed by atoms with Crippen LogP contribution in [-0.4, -0.2) is 45.5 Å². The monoisotopic (exact) mass is 176 g/mol. The molecule has 1 unspecified atom stereocenters. The second-order valence-corrected chi connectivity index (χ2v) is 2.77. The minimum Gasteiger partial charge on any atom is -0.383 e. The van der Waals surface area contributed by atoms with E-state index in [1.807, 2.05) is 7.05 Å². The SMILES string of the molecule is COCC(CCCN)N(C)OC. The summed E-state index contributed by atoms with van der Waals surface area (Å²) in [6.45, 7) is 1.40. The van der Waals surface area contributed by atoms with E-state index in [0.717, 1.165) is 19.4 Å². The molecule has 0 amide bonds. The lowest BCUT2D eigenvalue weighted by molar-refractivity contribution is -0.154. The molecule has 0 fully saturated rings. The third-order valence-corrected chi connectivity index (χ3v) is 1.90. The van der Waals surface area contributed by atoms with Gasteiger partial charge in [0.05, 0.1) is 19.8 Å². The Kier molecular flexibility index (Phi) is 7.39. The minimum absolute atomic E-state index is 0.309. The average Bonchev–Trinajstić information content (AvgIpc) is 2.11. The summed E-state index contributed by atoms with van der Waals surface area (Å²) in [5, 5.41) is 1.80. The Hall–Kier alpha value is -0.160. The highest BCUT2D eigenvalue weighted by atomic mass is 16.7. The maximum Gasteiger partial charge on any atom is 0.0641 e. The number of ether oxygens (including phenoxy) is 1. The molecule has 12 heavy (non-hydrogen) atoms. The van der Waals surface area contributed by atoms with Crippen molar-refractivity contribution in [1.82, 2.24) is 5.06 Å². The predicted molar refractivity (Wildman–Crippen MR) is 48.7 cm³/mol. The summed E-state index contributed by atoms with van der Waals surface area (Å²) < 4.78 is 5.06. The second kappa shape index (κ2) is 7.49.